The summed E-state index contributed by atoms with van der Waals surface area (Å²) in [7, 11) is 0. The maximum atomic E-state index is 13.2. The highest BCUT2D eigenvalue weighted by molar-refractivity contribution is 5.75. The van der Waals surface area contributed by atoms with Crippen molar-refractivity contribution in [3.63, 3.8) is 0 Å². The molecule has 0 radical (unpaired) electrons. The van der Waals surface area contributed by atoms with Crippen LogP contribution in [0.5, 0.6) is 5.75 Å². The van der Waals surface area contributed by atoms with Crippen LogP contribution in [0.1, 0.15) is 39.7 Å². The number of benzene rings is 1. The van der Waals surface area contributed by atoms with Gasteiger partial charge in [0.1, 0.15) is 29.9 Å². The summed E-state index contributed by atoms with van der Waals surface area (Å²) in [6, 6.07) is 4.34. The molecule has 2 atom stereocenters. The van der Waals surface area contributed by atoms with E-state index in [1.54, 1.807) is 33.8 Å². The highest BCUT2D eigenvalue weighted by Crippen LogP contribution is 2.35. The normalized spacial score (nSPS) is 22.5. The zero-order chi connectivity index (χ0) is 16.5. The first kappa shape index (κ1) is 16.7. The fourth-order valence-corrected chi connectivity index (χ4v) is 2.31. The molecule has 0 unspecified atom stereocenters. The Bertz CT molecular complexity index is 564. The molecule has 0 aromatic heterocycles. The summed E-state index contributed by atoms with van der Waals surface area (Å²) in [6.07, 6.45) is 0.183. The molecule has 0 saturated heterocycles. The molecule has 0 spiro atoms. The van der Waals surface area contributed by atoms with E-state index in [4.69, 9.17) is 9.47 Å². The number of aliphatic hydroxyl groups is 1. The molecule has 1 aromatic carbocycles. The van der Waals surface area contributed by atoms with Gasteiger partial charge in [-0.2, -0.15) is 0 Å². The minimum absolute atomic E-state index is 0.122. The smallest absolute Gasteiger partial charge is 0.311 e. The van der Waals surface area contributed by atoms with Crippen LogP contribution in [0.2, 0.25) is 0 Å². The number of halogens is 1. The molecule has 1 heterocycles. The minimum atomic E-state index is -0.947. The molecular formula is C17H23FO4. The van der Waals surface area contributed by atoms with Gasteiger partial charge in [-0.25, -0.2) is 4.39 Å². The third-order valence-electron chi connectivity index (χ3n) is 3.95. The molecular weight excluding hydrogens is 287 g/mol. The van der Waals surface area contributed by atoms with E-state index in [-0.39, 0.29) is 18.4 Å². The van der Waals surface area contributed by atoms with Gasteiger partial charge in [0.15, 0.2) is 0 Å². The van der Waals surface area contributed by atoms with E-state index in [2.05, 4.69) is 0 Å². The molecule has 22 heavy (non-hydrogen) atoms. The van der Waals surface area contributed by atoms with Crippen molar-refractivity contribution in [2.45, 2.75) is 52.2 Å². The van der Waals surface area contributed by atoms with Gasteiger partial charge in [-0.15, -0.1) is 0 Å². The third-order valence-corrected chi connectivity index (χ3v) is 3.95. The Balaban J connectivity index is 2.02. The number of fused-ring (bicyclic) bond motifs is 1. The van der Waals surface area contributed by atoms with Gasteiger partial charge in [0.25, 0.3) is 0 Å². The van der Waals surface area contributed by atoms with Gasteiger partial charge >= 0.3 is 5.97 Å². The first-order valence-corrected chi connectivity index (χ1v) is 7.44. The van der Waals surface area contributed by atoms with E-state index in [1.807, 2.05) is 0 Å². The van der Waals surface area contributed by atoms with Crippen molar-refractivity contribution in [1.29, 1.82) is 0 Å². The SMILES string of the molecule is CC(C)(C)C(=O)OC[C@H](O)[C@@]1(C)CCc2cc(F)ccc2O1. The Morgan fingerprint density at radius 2 is 2.18 bits per heavy atom. The Kier molecular flexibility index (Phi) is 4.47. The van der Waals surface area contributed by atoms with Crippen molar-refractivity contribution in [3.8, 4) is 5.75 Å². The highest BCUT2D eigenvalue weighted by atomic mass is 19.1. The monoisotopic (exact) mass is 310 g/mol. The number of hydrogen-bond acceptors (Lipinski definition) is 4. The number of ether oxygens (including phenoxy) is 2. The van der Waals surface area contributed by atoms with Gasteiger partial charge in [0, 0.05) is 0 Å². The maximum Gasteiger partial charge on any atom is 0.311 e. The average Bonchev–Trinajstić information content (AvgIpc) is 2.43. The predicted octanol–water partition coefficient (Wildman–Crippen LogP) is 2.86. The fourth-order valence-electron chi connectivity index (χ4n) is 2.31. The second-order valence-electron chi connectivity index (χ2n) is 7.03. The Morgan fingerprint density at radius 1 is 1.50 bits per heavy atom. The van der Waals surface area contributed by atoms with E-state index >= 15 is 0 Å². The number of carbonyl (C=O) groups is 1. The van der Waals surface area contributed by atoms with Crippen LogP contribution in [0.25, 0.3) is 0 Å². The van der Waals surface area contributed by atoms with Gasteiger partial charge in [-0.05, 0) is 64.3 Å². The Morgan fingerprint density at radius 3 is 2.82 bits per heavy atom. The second kappa shape index (κ2) is 5.88. The number of aryl methyl sites for hydroxylation is 1. The summed E-state index contributed by atoms with van der Waals surface area (Å²) in [6.45, 7) is 6.92. The molecule has 122 valence electrons. The summed E-state index contributed by atoms with van der Waals surface area (Å²) in [5, 5.41) is 10.4. The van der Waals surface area contributed by atoms with E-state index in [9.17, 15) is 14.3 Å². The van der Waals surface area contributed by atoms with Gasteiger partial charge < -0.3 is 14.6 Å². The fraction of sp³-hybridized carbons (Fsp3) is 0.588. The molecule has 0 saturated carbocycles. The molecule has 1 aliphatic rings. The van der Waals surface area contributed by atoms with E-state index in [0.29, 0.717) is 18.6 Å². The maximum absolute atomic E-state index is 13.2. The quantitative estimate of drug-likeness (QED) is 0.872. The van der Waals surface area contributed by atoms with Crippen LogP contribution in [-0.4, -0.2) is 29.4 Å². The molecule has 1 aromatic rings. The molecule has 4 nitrogen and oxygen atoms in total. The second-order valence-corrected chi connectivity index (χ2v) is 7.03. The third kappa shape index (κ3) is 3.58. The number of carbonyl (C=O) groups excluding carboxylic acids is 1. The van der Waals surface area contributed by atoms with Crippen LogP contribution < -0.4 is 4.74 Å². The zero-order valence-electron chi connectivity index (χ0n) is 13.5. The number of esters is 1. The Labute approximate surface area is 130 Å². The molecule has 0 amide bonds. The molecule has 5 heteroatoms. The molecule has 1 N–H and O–H groups in total. The number of aliphatic hydroxyl groups excluding tert-OH is 1. The largest absolute Gasteiger partial charge is 0.484 e. The predicted molar refractivity (Wildman–Crippen MR) is 80.2 cm³/mol. The summed E-state index contributed by atoms with van der Waals surface area (Å²) >= 11 is 0. The molecule has 1 aliphatic heterocycles. The lowest BCUT2D eigenvalue weighted by atomic mass is 9.88. The molecule has 0 aliphatic carbocycles. The van der Waals surface area contributed by atoms with E-state index in [1.165, 1.54) is 12.1 Å². The number of hydrogen-bond donors (Lipinski definition) is 1. The van der Waals surface area contributed by atoms with Crippen LogP contribution >= 0.6 is 0 Å². The summed E-state index contributed by atoms with van der Waals surface area (Å²) < 4.78 is 24.2. The van der Waals surface area contributed by atoms with Crippen molar-refractivity contribution in [2.75, 3.05) is 6.61 Å². The van der Waals surface area contributed by atoms with Gasteiger partial charge in [-0.3, -0.25) is 4.79 Å². The van der Waals surface area contributed by atoms with Crippen LogP contribution in [0.4, 0.5) is 4.39 Å². The lowest BCUT2D eigenvalue weighted by Crippen LogP contribution is -2.50. The highest BCUT2D eigenvalue weighted by Gasteiger charge is 2.40. The standard InChI is InChI=1S/C17H23FO4/c1-16(2,3)15(20)21-10-14(19)17(4)8-7-11-9-12(18)5-6-13(11)22-17/h5-6,9,14,19H,7-8,10H2,1-4H3/t14-,17+/m0/s1. The van der Waals surface area contributed by atoms with Crippen molar-refractivity contribution in [1.82, 2.24) is 0 Å². The first-order chi connectivity index (χ1) is 10.1. The van der Waals surface area contributed by atoms with Crippen molar-refractivity contribution in [3.05, 3.63) is 29.6 Å². The summed E-state index contributed by atoms with van der Waals surface area (Å²) in [5.74, 6) is -0.101. The Hall–Kier alpha value is -1.62. The molecule has 0 bridgehead atoms. The lowest BCUT2D eigenvalue weighted by Gasteiger charge is -2.39. The summed E-state index contributed by atoms with van der Waals surface area (Å²) in [4.78, 5) is 11.8. The zero-order valence-corrected chi connectivity index (χ0v) is 13.5. The van der Waals surface area contributed by atoms with Crippen molar-refractivity contribution in [2.24, 2.45) is 5.41 Å². The average molecular weight is 310 g/mol. The van der Waals surface area contributed by atoms with Gasteiger partial charge in [0.05, 0.1) is 5.41 Å². The lowest BCUT2D eigenvalue weighted by molar-refractivity contribution is -0.161. The van der Waals surface area contributed by atoms with E-state index in [0.717, 1.165) is 5.56 Å². The van der Waals surface area contributed by atoms with Crippen LogP contribution in [0.15, 0.2) is 18.2 Å². The minimum Gasteiger partial charge on any atom is -0.484 e. The van der Waals surface area contributed by atoms with Crippen LogP contribution in [0, 0.1) is 11.2 Å². The number of rotatable bonds is 3. The van der Waals surface area contributed by atoms with Gasteiger partial charge in [-0.1, -0.05) is 0 Å². The topological polar surface area (TPSA) is 55.8 Å². The molecule has 2 rings (SSSR count). The van der Waals surface area contributed by atoms with Crippen molar-refractivity contribution < 1.29 is 23.8 Å². The molecule has 0 fully saturated rings. The first-order valence-electron chi connectivity index (χ1n) is 7.44. The van der Waals surface area contributed by atoms with Crippen LogP contribution in [-0.2, 0) is 16.0 Å². The van der Waals surface area contributed by atoms with Gasteiger partial charge in [0.2, 0.25) is 0 Å². The van der Waals surface area contributed by atoms with Crippen molar-refractivity contribution >= 4 is 5.97 Å². The van der Waals surface area contributed by atoms with E-state index < -0.39 is 17.1 Å². The van der Waals surface area contributed by atoms with Crippen LogP contribution in [0.3, 0.4) is 0 Å². The summed E-state index contributed by atoms with van der Waals surface area (Å²) in [5.41, 5.74) is -0.683.